The molecule has 1 saturated heterocycles. The molecule has 5 heteroatoms. The Morgan fingerprint density at radius 1 is 1.14 bits per heavy atom. The number of hydrogen-bond donors (Lipinski definition) is 1. The number of methoxy groups -OCH3 is 3. The van der Waals surface area contributed by atoms with Gasteiger partial charge in [-0.1, -0.05) is 6.92 Å². The van der Waals surface area contributed by atoms with E-state index < -0.39 is 0 Å². The smallest absolute Gasteiger partial charge is 0.203 e. The van der Waals surface area contributed by atoms with Crippen molar-refractivity contribution in [3.05, 3.63) is 17.7 Å². The van der Waals surface area contributed by atoms with E-state index in [0.717, 1.165) is 31.6 Å². The summed E-state index contributed by atoms with van der Waals surface area (Å²) in [5.74, 6) is 2.62. The zero-order chi connectivity index (χ0) is 15.4. The monoisotopic (exact) mass is 294 g/mol. The molecule has 1 aromatic rings. The molecular formula is C16H26N2O3. The van der Waals surface area contributed by atoms with Crippen molar-refractivity contribution in [2.75, 3.05) is 34.4 Å². The summed E-state index contributed by atoms with van der Waals surface area (Å²) in [6, 6.07) is 4.26. The second-order valence-corrected chi connectivity index (χ2v) is 5.70. The lowest BCUT2D eigenvalue weighted by molar-refractivity contribution is 0.162. The van der Waals surface area contributed by atoms with Gasteiger partial charge in [0.15, 0.2) is 11.5 Å². The molecule has 21 heavy (non-hydrogen) atoms. The van der Waals surface area contributed by atoms with E-state index >= 15 is 0 Å². The highest BCUT2D eigenvalue weighted by Gasteiger charge is 2.23. The van der Waals surface area contributed by atoms with Gasteiger partial charge in [0.25, 0.3) is 0 Å². The lowest BCUT2D eigenvalue weighted by Crippen LogP contribution is -2.47. The van der Waals surface area contributed by atoms with Crippen LogP contribution < -0.4 is 19.9 Å². The molecule has 0 amide bonds. The Labute approximate surface area is 127 Å². The predicted molar refractivity (Wildman–Crippen MR) is 83.1 cm³/mol. The Hall–Kier alpha value is -1.46. The Balaban J connectivity index is 2.16. The quantitative estimate of drug-likeness (QED) is 0.898. The van der Waals surface area contributed by atoms with Gasteiger partial charge in [-0.05, 0) is 36.6 Å². The number of piperidine rings is 1. The van der Waals surface area contributed by atoms with E-state index in [9.17, 15) is 0 Å². The molecule has 118 valence electrons. The van der Waals surface area contributed by atoms with E-state index in [2.05, 4.69) is 11.8 Å². The molecule has 0 saturated carbocycles. The highest BCUT2D eigenvalue weighted by Crippen LogP contribution is 2.38. The van der Waals surface area contributed by atoms with E-state index in [1.54, 1.807) is 21.3 Å². The number of benzene rings is 1. The van der Waals surface area contributed by atoms with Crippen LogP contribution in [-0.2, 0) is 6.54 Å². The first-order valence-electron chi connectivity index (χ1n) is 7.35. The van der Waals surface area contributed by atoms with Crippen molar-refractivity contribution in [3.63, 3.8) is 0 Å². The van der Waals surface area contributed by atoms with E-state index in [1.165, 1.54) is 0 Å². The molecule has 2 unspecified atom stereocenters. The lowest BCUT2D eigenvalue weighted by Gasteiger charge is -2.35. The Morgan fingerprint density at radius 3 is 2.24 bits per heavy atom. The van der Waals surface area contributed by atoms with Crippen LogP contribution in [0.4, 0.5) is 0 Å². The van der Waals surface area contributed by atoms with Gasteiger partial charge in [0.05, 0.1) is 21.3 Å². The Morgan fingerprint density at radius 2 is 1.76 bits per heavy atom. The minimum Gasteiger partial charge on any atom is -0.493 e. The van der Waals surface area contributed by atoms with Crippen molar-refractivity contribution in [1.29, 1.82) is 0 Å². The SMILES string of the molecule is COc1cc(CN2CCC(C)C(N)C2)cc(OC)c1OC. The van der Waals surface area contributed by atoms with Crippen LogP contribution >= 0.6 is 0 Å². The van der Waals surface area contributed by atoms with Gasteiger partial charge in [0.2, 0.25) is 5.75 Å². The fraction of sp³-hybridized carbons (Fsp3) is 0.625. The van der Waals surface area contributed by atoms with Gasteiger partial charge in [0, 0.05) is 19.1 Å². The molecule has 1 aliphatic rings. The third kappa shape index (κ3) is 3.60. The number of ether oxygens (including phenoxy) is 3. The van der Waals surface area contributed by atoms with E-state index in [0.29, 0.717) is 23.2 Å². The van der Waals surface area contributed by atoms with Crippen LogP contribution in [0.15, 0.2) is 12.1 Å². The van der Waals surface area contributed by atoms with Crippen LogP contribution in [-0.4, -0.2) is 45.4 Å². The van der Waals surface area contributed by atoms with E-state index in [-0.39, 0.29) is 6.04 Å². The first kappa shape index (κ1) is 15.9. The molecule has 2 N–H and O–H groups in total. The van der Waals surface area contributed by atoms with E-state index in [1.807, 2.05) is 12.1 Å². The largest absolute Gasteiger partial charge is 0.493 e. The third-order valence-corrected chi connectivity index (χ3v) is 4.23. The number of likely N-dealkylation sites (tertiary alicyclic amines) is 1. The molecule has 0 bridgehead atoms. The van der Waals surface area contributed by atoms with Gasteiger partial charge in [0.1, 0.15) is 0 Å². The van der Waals surface area contributed by atoms with Gasteiger partial charge >= 0.3 is 0 Å². The summed E-state index contributed by atoms with van der Waals surface area (Å²) < 4.78 is 16.1. The van der Waals surface area contributed by atoms with Crippen molar-refractivity contribution in [1.82, 2.24) is 4.90 Å². The van der Waals surface area contributed by atoms with Gasteiger partial charge < -0.3 is 19.9 Å². The zero-order valence-electron chi connectivity index (χ0n) is 13.4. The second-order valence-electron chi connectivity index (χ2n) is 5.70. The molecule has 0 aromatic heterocycles. The maximum Gasteiger partial charge on any atom is 0.203 e. The summed E-state index contributed by atoms with van der Waals surface area (Å²) in [4.78, 5) is 2.38. The first-order valence-corrected chi connectivity index (χ1v) is 7.35. The van der Waals surface area contributed by atoms with Crippen molar-refractivity contribution >= 4 is 0 Å². The maximum absolute atomic E-state index is 6.17. The third-order valence-electron chi connectivity index (χ3n) is 4.23. The van der Waals surface area contributed by atoms with Crippen LogP contribution in [0, 0.1) is 5.92 Å². The molecule has 1 aliphatic heterocycles. The summed E-state index contributed by atoms with van der Waals surface area (Å²) in [6.45, 7) is 5.07. The maximum atomic E-state index is 6.17. The van der Waals surface area contributed by atoms with Crippen LogP contribution in [0.3, 0.4) is 0 Å². The molecule has 5 nitrogen and oxygen atoms in total. The topological polar surface area (TPSA) is 57.0 Å². The van der Waals surface area contributed by atoms with Gasteiger partial charge in [-0.2, -0.15) is 0 Å². The first-order chi connectivity index (χ1) is 10.1. The summed E-state index contributed by atoms with van der Waals surface area (Å²) >= 11 is 0. The highest BCUT2D eigenvalue weighted by molar-refractivity contribution is 5.53. The second kappa shape index (κ2) is 7.00. The molecule has 2 atom stereocenters. The number of nitrogens with zero attached hydrogens (tertiary/aromatic N) is 1. The molecule has 1 fully saturated rings. The fourth-order valence-corrected chi connectivity index (χ4v) is 2.80. The number of hydrogen-bond acceptors (Lipinski definition) is 5. The average molecular weight is 294 g/mol. The van der Waals surface area contributed by atoms with Crippen molar-refractivity contribution in [2.24, 2.45) is 11.7 Å². The van der Waals surface area contributed by atoms with Crippen LogP contribution in [0.5, 0.6) is 17.2 Å². The summed E-state index contributed by atoms with van der Waals surface area (Å²) in [6.07, 6.45) is 1.14. The Kier molecular flexibility index (Phi) is 5.31. The fourth-order valence-electron chi connectivity index (χ4n) is 2.80. The van der Waals surface area contributed by atoms with E-state index in [4.69, 9.17) is 19.9 Å². The Bertz CT molecular complexity index is 454. The number of nitrogens with two attached hydrogens (primary N) is 1. The van der Waals surface area contributed by atoms with Crippen molar-refractivity contribution < 1.29 is 14.2 Å². The normalized spacial score (nSPS) is 22.9. The van der Waals surface area contributed by atoms with Crippen molar-refractivity contribution in [3.8, 4) is 17.2 Å². The highest BCUT2D eigenvalue weighted by atomic mass is 16.5. The molecule has 1 aromatic carbocycles. The van der Waals surface area contributed by atoms with Gasteiger partial charge in [-0.3, -0.25) is 4.90 Å². The predicted octanol–water partition coefficient (Wildman–Crippen LogP) is 1.88. The molecule has 1 heterocycles. The standard InChI is InChI=1S/C16H26N2O3/c1-11-5-6-18(10-13(11)17)9-12-7-14(19-2)16(21-4)15(8-12)20-3/h7-8,11,13H,5-6,9-10,17H2,1-4H3. The summed E-state index contributed by atoms with van der Waals surface area (Å²) in [5, 5.41) is 0. The zero-order valence-corrected chi connectivity index (χ0v) is 13.4. The molecular weight excluding hydrogens is 268 g/mol. The van der Waals surface area contributed by atoms with Gasteiger partial charge in [-0.15, -0.1) is 0 Å². The average Bonchev–Trinajstić information content (AvgIpc) is 2.49. The van der Waals surface area contributed by atoms with Crippen LogP contribution in [0.2, 0.25) is 0 Å². The number of rotatable bonds is 5. The molecule has 2 rings (SSSR count). The molecule has 0 radical (unpaired) electrons. The van der Waals surface area contributed by atoms with Crippen LogP contribution in [0.25, 0.3) is 0 Å². The summed E-state index contributed by atoms with van der Waals surface area (Å²) in [5.41, 5.74) is 7.31. The molecule has 0 spiro atoms. The van der Waals surface area contributed by atoms with Crippen LogP contribution in [0.1, 0.15) is 18.9 Å². The minimum atomic E-state index is 0.251. The minimum absolute atomic E-state index is 0.251. The lowest BCUT2D eigenvalue weighted by atomic mass is 9.94. The van der Waals surface area contributed by atoms with Crippen molar-refractivity contribution in [2.45, 2.75) is 25.9 Å². The molecule has 0 aliphatic carbocycles. The summed E-state index contributed by atoms with van der Waals surface area (Å²) in [7, 11) is 4.89. The van der Waals surface area contributed by atoms with Gasteiger partial charge in [-0.25, -0.2) is 0 Å².